The van der Waals surface area contributed by atoms with Crippen molar-refractivity contribution in [2.45, 2.75) is 13.0 Å². The Bertz CT molecular complexity index is 873. The summed E-state index contributed by atoms with van der Waals surface area (Å²) in [5, 5.41) is 8.28. The molecule has 0 radical (unpaired) electrons. The largest absolute Gasteiger partial charge is 0.313 e. The zero-order valence-electron chi connectivity index (χ0n) is 12.0. The smallest absolute Gasteiger partial charge is 0.203 e. The summed E-state index contributed by atoms with van der Waals surface area (Å²) in [5.74, 6) is 0.00841. The highest BCUT2D eigenvalue weighted by Gasteiger charge is 2.20. The summed E-state index contributed by atoms with van der Waals surface area (Å²) >= 11 is 6.92. The minimum Gasteiger partial charge on any atom is -0.313 e. The number of allylic oxidation sites excluding steroid dienone is 4. The molecule has 114 valence electrons. The Labute approximate surface area is 144 Å². The first-order chi connectivity index (χ1) is 10.5. The van der Waals surface area contributed by atoms with Crippen LogP contribution in [0.4, 0.5) is 0 Å². The fraction of sp³-hybridized carbons (Fsp3) is 0.250. The van der Waals surface area contributed by atoms with E-state index in [1.54, 1.807) is 9.13 Å². The van der Waals surface area contributed by atoms with Crippen LogP contribution in [0.3, 0.4) is 0 Å². The molecule has 0 amide bonds. The molecule has 0 saturated carbocycles. The number of carbonyl (C=O) groups is 1. The maximum Gasteiger partial charge on any atom is 0.203 e. The van der Waals surface area contributed by atoms with Crippen molar-refractivity contribution < 1.29 is 4.79 Å². The van der Waals surface area contributed by atoms with Gasteiger partial charge in [0, 0.05) is 21.9 Å². The lowest BCUT2D eigenvalue weighted by atomic mass is 9.96. The summed E-state index contributed by atoms with van der Waals surface area (Å²) in [5.41, 5.74) is 2.15. The number of carbonyl (C=O) groups excluding carboxylic acids is 1. The van der Waals surface area contributed by atoms with Crippen molar-refractivity contribution in [2.24, 2.45) is 13.0 Å². The number of aromatic nitrogens is 2. The van der Waals surface area contributed by atoms with Gasteiger partial charge in [0.2, 0.25) is 5.62 Å². The standard InChI is InChI=1S/C16H15Br2N3O/c1-20-15-12(18)3-2-4-13(15)21(16(20)19)9-14(22)10-5-7-11(17)8-6-10/h2-5,7-8,10,19H,6,9H2,1H3. The second-order valence-electron chi connectivity index (χ2n) is 5.33. The molecule has 1 aliphatic carbocycles. The maximum absolute atomic E-state index is 12.5. The van der Waals surface area contributed by atoms with Gasteiger partial charge in [0.15, 0.2) is 5.78 Å². The van der Waals surface area contributed by atoms with Crippen LogP contribution in [0, 0.1) is 11.3 Å². The SMILES string of the molecule is Cn1c(=N)n(CC(=O)C2C=CC(Br)=CC2)c2cccc(Br)c21. The van der Waals surface area contributed by atoms with E-state index in [-0.39, 0.29) is 18.2 Å². The highest BCUT2D eigenvalue weighted by molar-refractivity contribution is 9.12. The van der Waals surface area contributed by atoms with E-state index >= 15 is 0 Å². The Morgan fingerprint density at radius 2 is 2.18 bits per heavy atom. The van der Waals surface area contributed by atoms with Crippen molar-refractivity contribution >= 4 is 48.7 Å². The number of ketones is 1. The van der Waals surface area contributed by atoms with Gasteiger partial charge < -0.3 is 9.13 Å². The number of fused-ring (bicyclic) bond motifs is 1. The summed E-state index contributed by atoms with van der Waals surface area (Å²) in [6.45, 7) is 0.215. The van der Waals surface area contributed by atoms with Gasteiger partial charge in [-0.2, -0.15) is 0 Å². The van der Waals surface area contributed by atoms with E-state index in [9.17, 15) is 4.79 Å². The van der Waals surface area contributed by atoms with Gasteiger partial charge in [-0.25, -0.2) is 0 Å². The third-order valence-corrected chi connectivity index (χ3v) is 5.18. The van der Waals surface area contributed by atoms with Gasteiger partial charge in [-0.1, -0.05) is 40.2 Å². The number of hydrogen-bond donors (Lipinski definition) is 1. The first-order valence-corrected chi connectivity index (χ1v) is 8.52. The second-order valence-corrected chi connectivity index (χ2v) is 7.10. The average molecular weight is 425 g/mol. The number of rotatable bonds is 3. The van der Waals surface area contributed by atoms with Gasteiger partial charge in [-0.05, 0) is 34.5 Å². The number of nitrogens with zero attached hydrogens (tertiary/aromatic N) is 2. The van der Waals surface area contributed by atoms with E-state index in [2.05, 4.69) is 31.9 Å². The van der Waals surface area contributed by atoms with E-state index in [0.29, 0.717) is 12.0 Å². The van der Waals surface area contributed by atoms with Crippen molar-refractivity contribution in [3.8, 4) is 0 Å². The topological polar surface area (TPSA) is 50.8 Å². The molecule has 1 atom stereocenters. The average Bonchev–Trinajstić information content (AvgIpc) is 2.74. The lowest BCUT2D eigenvalue weighted by molar-refractivity contribution is -0.122. The lowest BCUT2D eigenvalue weighted by Crippen LogP contribution is -2.28. The van der Waals surface area contributed by atoms with E-state index in [4.69, 9.17) is 5.41 Å². The van der Waals surface area contributed by atoms with Crippen LogP contribution in [-0.2, 0) is 18.4 Å². The van der Waals surface area contributed by atoms with Crippen LogP contribution >= 0.6 is 31.9 Å². The summed E-state index contributed by atoms with van der Waals surface area (Å²) < 4.78 is 5.50. The predicted molar refractivity (Wildman–Crippen MR) is 93.7 cm³/mol. The van der Waals surface area contributed by atoms with Gasteiger partial charge in [0.05, 0.1) is 17.6 Å². The van der Waals surface area contributed by atoms with Crippen LogP contribution in [0.2, 0.25) is 0 Å². The van der Waals surface area contributed by atoms with Crippen molar-refractivity contribution in [3.05, 3.63) is 51.0 Å². The Kier molecular flexibility index (Phi) is 4.23. The molecule has 1 aromatic carbocycles. The summed E-state index contributed by atoms with van der Waals surface area (Å²) in [6.07, 6.45) is 6.56. The van der Waals surface area contributed by atoms with Gasteiger partial charge in [0.1, 0.15) is 0 Å². The monoisotopic (exact) mass is 423 g/mol. The number of imidazole rings is 1. The predicted octanol–water partition coefficient (Wildman–Crippen LogP) is 3.65. The number of halogens is 2. The lowest BCUT2D eigenvalue weighted by Gasteiger charge is -2.13. The first-order valence-electron chi connectivity index (χ1n) is 6.94. The van der Waals surface area contributed by atoms with Crippen LogP contribution in [0.25, 0.3) is 11.0 Å². The number of para-hydroxylation sites is 1. The Morgan fingerprint density at radius 3 is 2.86 bits per heavy atom. The number of aryl methyl sites for hydroxylation is 1. The number of Topliss-reactive ketones (excluding diaryl/α,β-unsaturated/α-hetero) is 1. The fourth-order valence-corrected chi connectivity index (χ4v) is 3.68. The number of benzene rings is 1. The molecule has 1 aromatic heterocycles. The van der Waals surface area contributed by atoms with Crippen LogP contribution in [-0.4, -0.2) is 14.9 Å². The molecule has 1 N–H and O–H groups in total. The van der Waals surface area contributed by atoms with Gasteiger partial charge in [-0.3, -0.25) is 10.2 Å². The van der Waals surface area contributed by atoms with E-state index in [1.165, 1.54) is 0 Å². The first kappa shape index (κ1) is 15.5. The number of nitrogens with one attached hydrogen (secondary N) is 1. The molecule has 6 heteroatoms. The zero-order valence-corrected chi connectivity index (χ0v) is 15.2. The molecule has 0 spiro atoms. The van der Waals surface area contributed by atoms with Crippen molar-refractivity contribution in [1.29, 1.82) is 5.41 Å². The van der Waals surface area contributed by atoms with Crippen molar-refractivity contribution in [2.75, 3.05) is 0 Å². The molecule has 4 nitrogen and oxygen atoms in total. The Hall–Kier alpha value is -1.40. The molecule has 1 aliphatic rings. The van der Waals surface area contributed by atoms with Gasteiger partial charge in [0.25, 0.3) is 0 Å². The zero-order chi connectivity index (χ0) is 15.9. The van der Waals surface area contributed by atoms with Crippen LogP contribution in [0.15, 0.2) is 45.4 Å². The summed E-state index contributed by atoms with van der Waals surface area (Å²) in [4.78, 5) is 12.5. The van der Waals surface area contributed by atoms with Crippen LogP contribution < -0.4 is 5.62 Å². The molecule has 0 aliphatic heterocycles. The molecule has 2 aromatic rings. The van der Waals surface area contributed by atoms with Crippen LogP contribution in [0.1, 0.15) is 6.42 Å². The molecule has 3 rings (SSSR count). The van der Waals surface area contributed by atoms with Gasteiger partial charge in [-0.15, -0.1) is 0 Å². The molecule has 1 unspecified atom stereocenters. The van der Waals surface area contributed by atoms with Crippen molar-refractivity contribution in [3.63, 3.8) is 0 Å². The molecule has 0 bridgehead atoms. The minimum absolute atomic E-state index is 0.115. The second kappa shape index (κ2) is 6.01. The third-order valence-electron chi connectivity index (χ3n) is 3.95. The van der Waals surface area contributed by atoms with Crippen molar-refractivity contribution in [1.82, 2.24) is 9.13 Å². The molecule has 22 heavy (non-hydrogen) atoms. The Morgan fingerprint density at radius 1 is 1.41 bits per heavy atom. The summed E-state index contributed by atoms with van der Waals surface area (Å²) in [7, 11) is 1.84. The normalized spacial score (nSPS) is 17.8. The Balaban J connectivity index is 1.97. The molecular weight excluding hydrogens is 410 g/mol. The van der Waals surface area contributed by atoms with E-state index < -0.39 is 0 Å². The highest BCUT2D eigenvalue weighted by atomic mass is 79.9. The van der Waals surface area contributed by atoms with Crippen LogP contribution in [0.5, 0.6) is 0 Å². The third kappa shape index (κ3) is 2.65. The quantitative estimate of drug-likeness (QED) is 0.803. The summed E-state index contributed by atoms with van der Waals surface area (Å²) in [6, 6.07) is 5.81. The molecule has 0 fully saturated rings. The molecular formula is C16H15Br2N3O. The maximum atomic E-state index is 12.5. The van der Waals surface area contributed by atoms with E-state index in [0.717, 1.165) is 20.0 Å². The number of hydrogen-bond acceptors (Lipinski definition) is 2. The fourth-order valence-electron chi connectivity index (χ4n) is 2.72. The molecule has 1 heterocycles. The highest BCUT2D eigenvalue weighted by Crippen LogP contribution is 2.24. The molecule has 0 saturated heterocycles. The minimum atomic E-state index is -0.115. The van der Waals surface area contributed by atoms with Gasteiger partial charge >= 0.3 is 0 Å². The van der Waals surface area contributed by atoms with E-state index in [1.807, 2.05) is 43.5 Å².